The lowest BCUT2D eigenvalue weighted by Gasteiger charge is -2.25. The molecule has 0 radical (unpaired) electrons. The first kappa shape index (κ1) is 11.0. The van der Waals surface area contributed by atoms with Crippen molar-refractivity contribution in [2.24, 2.45) is 0 Å². The number of ether oxygens (including phenoxy) is 1. The van der Waals surface area contributed by atoms with E-state index >= 15 is 0 Å². The fourth-order valence-corrected chi connectivity index (χ4v) is 2.15. The zero-order chi connectivity index (χ0) is 11.7. The van der Waals surface area contributed by atoms with Gasteiger partial charge in [0.2, 0.25) is 0 Å². The van der Waals surface area contributed by atoms with E-state index < -0.39 is 12.1 Å². The number of rotatable bonds is 2. The SMILES string of the molecule is CCc1cc(C)c2c(c1)OC(C(=O)O)CC2. The number of carboxylic acid groups (broad SMARTS) is 1. The molecule has 0 saturated carbocycles. The molecule has 1 unspecified atom stereocenters. The molecule has 0 bridgehead atoms. The van der Waals surface area contributed by atoms with Crippen molar-refractivity contribution in [3.63, 3.8) is 0 Å². The highest BCUT2D eigenvalue weighted by molar-refractivity contribution is 5.73. The summed E-state index contributed by atoms with van der Waals surface area (Å²) < 4.78 is 5.52. The smallest absolute Gasteiger partial charge is 0.344 e. The molecule has 2 rings (SSSR count). The van der Waals surface area contributed by atoms with Crippen LogP contribution in [0, 0.1) is 6.92 Å². The molecule has 86 valence electrons. The number of carboxylic acids is 1. The van der Waals surface area contributed by atoms with Crippen molar-refractivity contribution in [2.45, 2.75) is 39.2 Å². The highest BCUT2D eigenvalue weighted by Gasteiger charge is 2.26. The van der Waals surface area contributed by atoms with Crippen molar-refractivity contribution in [2.75, 3.05) is 0 Å². The lowest BCUT2D eigenvalue weighted by atomic mass is 9.95. The van der Waals surface area contributed by atoms with Gasteiger partial charge in [-0.15, -0.1) is 0 Å². The molecule has 1 N–H and O–H groups in total. The topological polar surface area (TPSA) is 46.5 Å². The molecular formula is C13H16O3. The van der Waals surface area contributed by atoms with Crippen LogP contribution >= 0.6 is 0 Å². The average Bonchev–Trinajstić information content (AvgIpc) is 2.28. The number of hydrogen-bond donors (Lipinski definition) is 1. The highest BCUT2D eigenvalue weighted by atomic mass is 16.5. The third-order valence-electron chi connectivity index (χ3n) is 3.10. The van der Waals surface area contributed by atoms with Gasteiger partial charge in [0, 0.05) is 0 Å². The third-order valence-corrected chi connectivity index (χ3v) is 3.10. The van der Waals surface area contributed by atoms with Crippen molar-refractivity contribution in [3.05, 3.63) is 28.8 Å². The van der Waals surface area contributed by atoms with Crippen molar-refractivity contribution in [1.82, 2.24) is 0 Å². The summed E-state index contributed by atoms with van der Waals surface area (Å²) in [7, 11) is 0. The predicted octanol–water partition coefficient (Wildman–Crippen LogP) is 2.34. The first-order valence-electron chi connectivity index (χ1n) is 5.63. The molecule has 0 fully saturated rings. The Labute approximate surface area is 95.0 Å². The van der Waals surface area contributed by atoms with Gasteiger partial charge in [-0.05, 0) is 48.9 Å². The maximum atomic E-state index is 10.9. The number of aliphatic carboxylic acids is 1. The van der Waals surface area contributed by atoms with Gasteiger partial charge in [0.1, 0.15) is 5.75 Å². The van der Waals surface area contributed by atoms with Crippen LogP contribution in [0.1, 0.15) is 30.0 Å². The Bertz CT molecular complexity index is 423. The fourth-order valence-electron chi connectivity index (χ4n) is 2.15. The maximum absolute atomic E-state index is 10.9. The van der Waals surface area contributed by atoms with E-state index in [2.05, 4.69) is 19.9 Å². The quantitative estimate of drug-likeness (QED) is 0.832. The number of benzene rings is 1. The largest absolute Gasteiger partial charge is 0.479 e. The van der Waals surface area contributed by atoms with E-state index in [1.54, 1.807) is 0 Å². The molecule has 1 atom stereocenters. The van der Waals surface area contributed by atoms with E-state index in [1.807, 2.05) is 6.07 Å². The maximum Gasteiger partial charge on any atom is 0.344 e. The minimum Gasteiger partial charge on any atom is -0.479 e. The van der Waals surface area contributed by atoms with E-state index in [9.17, 15) is 4.79 Å². The van der Waals surface area contributed by atoms with Gasteiger partial charge in [0.15, 0.2) is 6.10 Å². The average molecular weight is 220 g/mol. The van der Waals surface area contributed by atoms with Gasteiger partial charge in [-0.1, -0.05) is 13.0 Å². The molecule has 3 nitrogen and oxygen atoms in total. The molecule has 0 aliphatic carbocycles. The zero-order valence-electron chi connectivity index (χ0n) is 9.62. The van der Waals surface area contributed by atoms with Crippen LogP contribution in [0.5, 0.6) is 5.75 Å². The fraction of sp³-hybridized carbons (Fsp3) is 0.462. The standard InChI is InChI=1S/C13H16O3/c1-3-9-6-8(2)10-4-5-11(13(14)15)16-12(10)7-9/h6-7,11H,3-5H2,1-2H3,(H,14,15). The summed E-state index contributed by atoms with van der Waals surface area (Å²) in [5.41, 5.74) is 3.56. The second-order valence-corrected chi connectivity index (χ2v) is 4.23. The molecule has 1 aromatic rings. The van der Waals surface area contributed by atoms with Crippen LogP contribution in [-0.2, 0) is 17.6 Å². The van der Waals surface area contributed by atoms with E-state index in [4.69, 9.17) is 9.84 Å². The van der Waals surface area contributed by atoms with Crippen LogP contribution < -0.4 is 4.74 Å². The van der Waals surface area contributed by atoms with Gasteiger partial charge < -0.3 is 9.84 Å². The minimum absolute atomic E-state index is 0.564. The Kier molecular flexibility index (Phi) is 2.86. The molecule has 1 aliphatic heterocycles. The van der Waals surface area contributed by atoms with Gasteiger partial charge in [0.25, 0.3) is 0 Å². The molecular weight excluding hydrogens is 204 g/mol. The van der Waals surface area contributed by atoms with Crippen molar-refractivity contribution < 1.29 is 14.6 Å². The molecule has 0 saturated heterocycles. The molecule has 0 amide bonds. The molecule has 16 heavy (non-hydrogen) atoms. The van der Waals surface area contributed by atoms with Crippen molar-refractivity contribution >= 4 is 5.97 Å². The van der Waals surface area contributed by atoms with E-state index in [0.717, 1.165) is 24.2 Å². The van der Waals surface area contributed by atoms with Crippen LogP contribution in [0.4, 0.5) is 0 Å². The Balaban J connectivity index is 2.36. The Morgan fingerprint density at radius 1 is 1.56 bits per heavy atom. The van der Waals surface area contributed by atoms with Crippen LogP contribution in [0.3, 0.4) is 0 Å². The highest BCUT2D eigenvalue weighted by Crippen LogP contribution is 2.31. The molecule has 1 aromatic carbocycles. The summed E-state index contributed by atoms with van der Waals surface area (Å²) in [6.45, 7) is 4.14. The molecule has 0 aromatic heterocycles. The number of fused-ring (bicyclic) bond motifs is 1. The van der Waals surface area contributed by atoms with Gasteiger partial charge in [-0.2, -0.15) is 0 Å². The van der Waals surface area contributed by atoms with Crippen LogP contribution in [-0.4, -0.2) is 17.2 Å². The van der Waals surface area contributed by atoms with Crippen LogP contribution in [0.15, 0.2) is 12.1 Å². The monoisotopic (exact) mass is 220 g/mol. The number of aryl methyl sites for hydroxylation is 2. The van der Waals surface area contributed by atoms with Gasteiger partial charge in [-0.25, -0.2) is 4.79 Å². The van der Waals surface area contributed by atoms with E-state index in [0.29, 0.717) is 6.42 Å². The molecule has 0 spiro atoms. The van der Waals surface area contributed by atoms with Gasteiger partial charge in [-0.3, -0.25) is 0 Å². The van der Waals surface area contributed by atoms with Crippen molar-refractivity contribution in [1.29, 1.82) is 0 Å². The zero-order valence-corrected chi connectivity index (χ0v) is 9.62. The first-order valence-corrected chi connectivity index (χ1v) is 5.63. The third kappa shape index (κ3) is 1.90. The Morgan fingerprint density at radius 3 is 2.94 bits per heavy atom. The lowest BCUT2D eigenvalue weighted by Crippen LogP contribution is -2.31. The van der Waals surface area contributed by atoms with E-state index in [-0.39, 0.29) is 0 Å². The summed E-state index contributed by atoms with van der Waals surface area (Å²) in [5.74, 6) is -0.110. The second kappa shape index (κ2) is 4.16. The van der Waals surface area contributed by atoms with Crippen LogP contribution in [0.25, 0.3) is 0 Å². The summed E-state index contributed by atoms with van der Waals surface area (Å²) in [6.07, 6.45) is 1.62. The minimum atomic E-state index is -0.870. The van der Waals surface area contributed by atoms with E-state index in [1.165, 1.54) is 11.1 Å². The Morgan fingerprint density at radius 2 is 2.31 bits per heavy atom. The molecule has 1 heterocycles. The number of carbonyl (C=O) groups is 1. The van der Waals surface area contributed by atoms with Gasteiger partial charge in [0.05, 0.1) is 0 Å². The van der Waals surface area contributed by atoms with Crippen LogP contribution in [0.2, 0.25) is 0 Å². The molecule has 1 aliphatic rings. The normalized spacial score (nSPS) is 18.8. The summed E-state index contributed by atoms with van der Waals surface area (Å²) in [4.78, 5) is 10.9. The van der Waals surface area contributed by atoms with Crippen molar-refractivity contribution in [3.8, 4) is 5.75 Å². The summed E-state index contributed by atoms with van der Waals surface area (Å²) >= 11 is 0. The molecule has 3 heteroatoms. The summed E-state index contributed by atoms with van der Waals surface area (Å²) in [5, 5.41) is 8.93. The predicted molar refractivity (Wildman–Crippen MR) is 60.9 cm³/mol. The Hall–Kier alpha value is -1.51. The summed E-state index contributed by atoms with van der Waals surface area (Å²) in [6, 6.07) is 4.13. The number of hydrogen-bond acceptors (Lipinski definition) is 2. The lowest BCUT2D eigenvalue weighted by molar-refractivity contribution is -0.145. The second-order valence-electron chi connectivity index (χ2n) is 4.23. The van der Waals surface area contributed by atoms with Gasteiger partial charge >= 0.3 is 5.97 Å². The first-order chi connectivity index (χ1) is 7.61.